The first-order valence-electron chi connectivity index (χ1n) is 8.83. The Hall–Kier alpha value is -0.440. The molecule has 1 N–H and O–H groups in total. The van der Waals surface area contributed by atoms with E-state index in [-0.39, 0.29) is 16.1 Å². The molecule has 2 bridgehead atoms. The van der Waals surface area contributed by atoms with Crippen molar-refractivity contribution in [3.05, 3.63) is 11.6 Å². The summed E-state index contributed by atoms with van der Waals surface area (Å²) in [6.07, 6.45) is 7.52. The predicted octanol–water partition coefficient (Wildman–Crippen LogP) is 5.14. The molecule has 3 heteroatoms. The number of carbonyl (C=O) groups is 1. The number of carbonyl (C=O) groups excluding carboxylic acids is 1. The SMILES string of the molecule is C=C(NC1(C)CC2CC(C)CC(C2)C1)SC(C)(CC)C(C)=O. The number of fused-ring (bicyclic) bond motifs is 2. The zero-order valence-electron chi connectivity index (χ0n) is 15.0. The van der Waals surface area contributed by atoms with Gasteiger partial charge in [0.25, 0.3) is 0 Å². The molecule has 2 aliphatic rings. The number of ketones is 1. The van der Waals surface area contributed by atoms with Crippen LogP contribution in [-0.2, 0) is 4.79 Å². The monoisotopic (exact) mass is 323 g/mol. The second kappa shape index (κ2) is 6.59. The fourth-order valence-electron chi connectivity index (χ4n) is 4.72. The van der Waals surface area contributed by atoms with Crippen LogP contribution in [-0.4, -0.2) is 16.1 Å². The van der Waals surface area contributed by atoms with Gasteiger partial charge in [-0.1, -0.05) is 32.2 Å². The molecule has 2 rings (SSSR count). The lowest BCUT2D eigenvalue weighted by molar-refractivity contribution is -0.118. The molecule has 0 aromatic rings. The molecule has 0 spiro atoms. The Morgan fingerprint density at radius 2 is 1.86 bits per heavy atom. The average molecular weight is 324 g/mol. The number of thioether (sulfide) groups is 1. The Kier molecular flexibility index (Phi) is 5.36. The van der Waals surface area contributed by atoms with E-state index >= 15 is 0 Å². The highest BCUT2D eigenvalue weighted by molar-refractivity contribution is 8.05. The Morgan fingerprint density at radius 1 is 1.32 bits per heavy atom. The van der Waals surface area contributed by atoms with Crippen LogP contribution in [0.15, 0.2) is 11.6 Å². The van der Waals surface area contributed by atoms with Crippen LogP contribution >= 0.6 is 11.8 Å². The minimum absolute atomic E-state index is 0.156. The van der Waals surface area contributed by atoms with Gasteiger partial charge in [-0.2, -0.15) is 0 Å². The first-order chi connectivity index (χ1) is 10.2. The summed E-state index contributed by atoms with van der Waals surface area (Å²) in [6, 6.07) is 0. The van der Waals surface area contributed by atoms with Crippen LogP contribution in [0.5, 0.6) is 0 Å². The van der Waals surface area contributed by atoms with Crippen LogP contribution in [0.1, 0.15) is 73.1 Å². The highest BCUT2D eigenvalue weighted by Gasteiger charge is 2.41. The Labute approximate surface area is 140 Å². The van der Waals surface area contributed by atoms with Crippen molar-refractivity contribution in [2.45, 2.75) is 83.4 Å². The van der Waals surface area contributed by atoms with Crippen LogP contribution in [0.2, 0.25) is 0 Å². The number of nitrogens with one attached hydrogen (secondary N) is 1. The van der Waals surface area contributed by atoms with Gasteiger partial charge in [0.2, 0.25) is 0 Å². The lowest BCUT2D eigenvalue weighted by Crippen LogP contribution is -2.50. The van der Waals surface area contributed by atoms with Crippen molar-refractivity contribution in [3.63, 3.8) is 0 Å². The normalized spacial score (nSPS) is 37.2. The topological polar surface area (TPSA) is 29.1 Å². The summed E-state index contributed by atoms with van der Waals surface area (Å²) in [5.74, 6) is 2.86. The summed E-state index contributed by atoms with van der Waals surface area (Å²) < 4.78 is -0.348. The van der Waals surface area contributed by atoms with Crippen molar-refractivity contribution in [2.75, 3.05) is 0 Å². The highest BCUT2D eigenvalue weighted by Crippen LogP contribution is 2.47. The fraction of sp³-hybridized carbons (Fsp3) is 0.842. The van der Waals surface area contributed by atoms with Crippen LogP contribution in [0.25, 0.3) is 0 Å². The molecule has 0 radical (unpaired) electrons. The van der Waals surface area contributed by atoms with Crippen molar-refractivity contribution in [1.29, 1.82) is 0 Å². The first-order valence-corrected chi connectivity index (χ1v) is 9.64. The molecule has 3 unspecified atom stereocenters. The predicted molar refractivity (Wildman–Crippen MR) is 96.9 cm³/mol. The summed E-state index contributed by atoms with van der Waals surface area (Å²) in [6.45, 7) is 14.8. The third-order valence-corrected chi connectivity index (χ3v) is 7.20. The standard InChI is InChI=1S/C19H33NOS/c1-7-19(6,14(3)21)22-15(4)20-18(5)11-16-8-13(2)9-17(10-16)12-18/h13,16-17,20H,4,7-12H2,1-3,5-6H3. The summed E-state index contributed by atoms with van der Waals surface area (Å²) >= 11 is 1.62. The van der Waals surface area contributed by atoms with Gasteiger partial charge in [0, 0.05) is 5.54 Å². The molecule has 2 nitrogen and oxygen atoms in total. The van der Waals surface area contributed by atoms with Crippen LogP contribution < -0.4 is 5.32 Å². The number of rotatable bonds is 6. The molecule has 3 atom stereocenters. The minimum atomic E-state index is -0.348. The van der Waals surface area contributed by atoms with E-state index in [1.165, 1.54) is 32.1 Å². The van der Waals surface area contributed by atoms with Gasteiger partial charge in [-0.25, -0.2) is 0 Å². The molecule has 22 heavy (non-hydrogen) atoms. The van der Waals surface area contributed by atoms with Gasteiger partial charge in [-0.15, -0.1) is 0 Å². The smallest absolute Gasteiger partial charge is 0.145 e. The average Bonchev–Trinajstić information content (AvgIpc) is 2.35. The second-order valence-electron chi connectivity index (χ2n) is 8.30. The maximum absolute atomic E-state index is 11.9. The molecule has 0 saturated heterocycles. The number of Topliss-reactive ketones (excluding diaryl/α,β-unsaturated/α-hetero) is 1. The van der Waals surface area contributed by atoms with Gasteiger partial charge in [0.15, 0.2) is 0 Å². The van der Waals surface area contributed by atoms with E-state index in [1.54, 1.807) is 18.7 Å². The Balaban J connectivity index is 1.98. The molecular weight excluding hydrogens is 290 g/mol. The molecule has 0 aromatic heterocycles. The second-order valence-corrected chi connectivity index (χ2v) is 9.90. The highest BCUT2D eigenvalue weighted by atomic mass is 32.2. The molecule has 2 saturated carbocycles. The zero-order valence-corrected chi connectivity index (χ0v) is 15.8. The molecule has 0 aliphatic heterocycles. The van der Waals surface area contributed by atoms with E-state index < -0.39 is 0 Å². The minimum Gasteiger partial charge on any atom is -0.375 e. The van der Waals surface area contributed by atoms with Crippen molar-refractivity contribution in [1.82, 2.24) is 5.32 Å². The third kappa shape index (κ3) is 4.10. The van der Waals surface area contributed by atoms with Gasteiger partial charge in [0.1, 0.15) is 5.78 Å². The van der Waals surface area contributed by atoms with Gasteiger partial charge in [0.05, 0.1) is 9.78 Å². The first kappa shape index (κ1) is 17.9. The summed E-state index contributed by atoms with van der Waals surface area (Å²) in [4.78, 5) is 11.9. The Bertz CT molecular complexity index is 429. The van der Waals surface area contributed by atoms with Gasteiger partial charge >= 0.3 is 0 Å². The van der Waals surface area contributed by atoms with Gasteiger partial charge in [-0.3, -0.25) is 4.79 Å². The van der Waals surface area contributed by atoms with E-state index in [9.17, 15) is 4.79 Å². The van der Waals surface area contributed by atoms with Crippen molar-refractivity contribution in [2.24, 2.45) is 17.8 Å². The molecule has 2 fully saturated rings. The van der Waals surface area contributed by atoms with Crippen molar-refractivity contribution >= 4 is 17.5 Å². The maximum Gasteiger partial charge on any atom is 0.145 e. The van der Waals surface area contributed by atoms with Crippen LogP contribution in [0, 0.1) is 17.8 Å². The molecular formula is C19H33NOS. The molecule has 0 amide bonds. The van der Waals surface area contributed by atoms with Crippen molar-refractivity contribution in [3.8, 4) is 0 Å². The molecule has 0 heterocycles. The van der Waals surface area contributed by atoms with Crippen LogP contribution in [0.4, 0.5) is 0 Å². The van der Waals surface area contributed by atoms with E-state index in [0.717, 1.165) is 29.2 Å². The Morgan fingerprint density at radius 3 is 2.32 bits per heavy atom. The zero-order chi connectivity index (χ0) is 16.5. The largest absolute Gasteiger partial charge is 0.375 e. The molecule has 126 valence electrons. The van der Waals surface area contributed by atoms with Crippen LogP contribution in [0.3, 0.4) is 0 Å². The summed E-state index contributed by atoms with van der Waals surface area (Å²) in [5, 5.41) is 4.67. The number of hydrogen-bond acceptors (Lipinski definition) is 3. The van der Waals surface area contributed by atoms with Gasteiger partial charge < -0.3 is 5.32 Å². The summed E-state index contributed by atoms with van der Waals surface area (Å²) in [5.41, 5.74) is 0.156. The van der Waals surface area contributed by atoms with E-state index in [1.807, 2.05) is 6.92 Å². The molecule has 2 aliphatic carbocycles. The van der Waals surface area contributed by atoms with Gasteiger partial charge in [-0.05, 0) is 77.0 Å². The quantitative estimate of drug-likeness (QED) is 0.733. The fourth-order valence-corrected chi connectivity index (χ4v) is 5.85. The van der Waals surface area contributed by atoms with E-state index in [2.05, 4.69) is 32.7 Å². The third-order valence-electron chi connectivity index (χ3n) is 5.83. The van der Waals surface area contributed by atoms with Crippen molar-refractivity contribution < 1.29 is 4.79 Å². The maximum atomic E-state index is 11.9. The number of hydrogen-bond donors (Lipinski definition) is 1. The summed E-state index contributed by atoms with van der Waals surface area (Å²) in [7, 11) is 0. The van der Waals surface area contributed by atoms with E-state index in [4.69, 9.17) is 0 Å². The lowest BCUT2D eigenvalue weighted by Gasteiger charge is -2.48. The molecule has 0 aromatic carbocycles. The van der Waals surface area contributed by atoms with E-state index in [0.29, 0.717) is 0 Å². The lowest BCUT2D eigenvalue weighted by atomic mass is 9.63.